The van der Waals surface area contributed by atoms with E-state index in [0.717, 1.165) is 6.42 Å². The molecule has 122 valence electrons. The second-order valence-corrected chi connectivity index (χ2v) is 6.62. The molecule has 1 atom stereocenters. The molecule has 0 heterocycles. The van der Waals surface area contributed by atoms with Crippen molar-refractivity contribution < 1.29 is 0 Å². The van der Waals surface area contributed by atoms with Crippen molar-refractivity contribution >= 4 is 11.6 Å². The summed E-state index contributed by atoms with van der Waals surface area (Å²) < 4.78 is 0. The molecular weight excluding hydrogens is 300 g/mol. The van der Waals surface area contributed by atoms with Gasteiger partial charge in [0.2, 0.25) is 0 Å². The third-order valence-electron chi connectivity index (χ3n) is 5.41. The Bertz CT molecular complexity index is 947. The maximum Gasteiger partial charge on any atom is 0.0388 e. The van der Waals surface area contributed by atoms with Crippen molar-refractivity contribution in [2.24, 2.45) is 0 Å². The fourth-order valence-corrected chi connectivity index (χ4v) is 4.04. The quantitative estimate of drug-likeness (QED) is 0.466. The first-order chi connectivity index (χ1) is 12.3. The zero-order chi connectivity index (χ0) is 17.3. The Morgan fingerprint density at radius 3 is 2.24 bits per heavy atom. The van der Waals surface area contributed by atoms with Crippen LogP contribution in [0, 0.1) is 0 Å². The number of allylic oxidation sites excluding steroid dienone is 2. The van der Waals surface area contributed by atoms with Crippen LogP contribution in [0.1, 0.15) is 30.0 Å². The standard InChI is InChI=1S/C25H22/c1-3-25(4-2)23-16-9-8-13-22(23)18-24(25)21-15-10-14-20(17-21)19-11-6-5-7-12-19/h3,5-18H,1,4H2,2H3. The number of hydrogen-bond donors (Lipinski definition) is 0. The van der Waals surface area contributed by atoms with Gasteiger partial charge in [0.1, 0.15) is 0 Å². The number of benzene rings is 3. The summed E-state index contributed by atoms with van der Waals surface area (Å²) in [6, 6.07) is 28.1. The average molecular weight is 322 g/mol. The lowest BCUT2D eigenvalue weighted by atomic mass is 9.73. The van der Waals surface area contributed by atoms with E-state index in [1.54, 1.807) is 0 Å². The summed E-state index contributed by atoms with van der Waals surface area (Å²) in [5, 5.41) is 0. The molecule has 0 aliphatic heterocycles. The van der Waals surface area contributed by atoms with E-state index < -0.39 is 0 Å². The van der Waals surface area contributed by atoms with E-state index in [1.165, 1.54) is 33.4 Å². The van der Waals surface area contributed by atoms with Crippen molar-refractivity contribution in [1.82, 2.24) is 0 Å². The van der Waals surface area contributed by atoms with E-state index in [2.05, 4.69) is 105 Å². The van der Waals surface area contributed by atoms with Gasteiger partial charge in [-0.3, -0.25) is 0 Å². The average Bonchev–Trinajstić information content (AvgIpc) is 3.03. The first-order valence-corrected chi connectivity index (χ1v) is 8.89. The van der Waals surface area contributed by atoms with Crippen LogP contribution in [-0.4, -0.2) is 0 Å². The molecule has 25 heavy (non-hydrogen) atoms. The zero-order valence-corrected chi connectivity index (χ0v) is 14.6. The summed E-state index contributed by atoms with van der Waals surface area (Å²) >= 11 is 0. The molecule has 0 saturated heterocycles. The van der Waals surface area contributed by atoms with Crippen molar-refractivity contribution in [3.05, 3.63) is 108 Å². The highest BCUT2D eigenvalue weighted by atomic mass is 14.4. The van der Waals surface area contributed by atoms with Crippen molar-refractivity contribution in [3.8, 4) is 11.1 Å². The molecule has 0 spiro atoms. The molecule has 1 aliphatic rings. The Kier molecular flexibility index (Phi) is 3.89. The fraction of sp³-hybridized carbons (Fsp3) is 0.120. The summed E-state index contributed by atoms with van der Waals surface area (Å²) in [7, 11) is 0. The molecule has 0 saturated carbocycles. The van der Waals surface area contributed by atoms with Gasteiger partial charge in [-0.25, -0.2) is 0 Å². The lowest BCUT2D eigenvalue weighted by molar-refractivity contribution is 0.673. The lowest BCUT2D eigenvalue weighted by Crippen LogP contribution is -2.21. The lowest BCUT2D eigenvalue weighted by Gasteiger charge is -2.30. The maximum atomic E-state index is 4.20. The molecule has 1 aliphatic carbocycles. The largest absolute Gasteiger partial charge is 0.102 e. The molecule has 0 amide bonds. The van der Waals surface area contributed by atoms with E-state index in [0.29, 0.717) is 0 Å². The van der Waals surface area contributed by atoms with Crippen LogP contribution in [0.3, 0.4) is 0 Å². The number of hydrogen-bond acceptors (Lipinski definition) is 0. The fourth-order valence-electron chi connectivity index (χ4n) is 4.04. The Balaban J connectivity index is 1.86. The van der Waals surface area contributed by atoms with E-state index in [1.807, 2.05) is 0 Å². The predicted octanol–water partition coefficient (Wildman–Crippen LogP) is 6.74. The Labute approximate surface area is 150 Å². The second-order valence-electron chi connectivity index (χ2n) is 6.62. The van der Waals surface area contributed by atoms with Gasteiger partial charge in [-0.05, 0) is 52.0 Å². The second kappa shape index (κ2) is 6.22. The predicted molar refractivity (Wildman–Crippen MR) is 108 cm³/mol. The third kappa shape index (κ3) is 2.46. The van der Waals surface area contributed by atoms with Gasteiger partial charge in [0, 0.05) is 5.41 Å². The van der Waals surface area contributed by atoms with Crippen molar-refractivity contribution in [1.29, 1.82) is 0 Å². The van der Waals surface area contributed by atoms with Gasteiger partial charge >= 0.3 is 0 Å². The van der Waals surface area contributed by atoms with E-state index in [4.69, 9.17) is 0 Å². The Morgan fingerprint density at radius 2 is 1.48 bits per heavy atom. The van der Waals surface area contributed by atoms with Gasteiger partial charge in [-0.15, -0.1) is 6.58 Å². The summed E-state index contributed by atoms with van der Waals surface area (Å²) in [6.07, 6.45) is 5.47. The Hall–Kier alpha value is -2.86. The molecule has 0 heteroatoms. The molecule has 0 N–H and O–H groups in total. The van der Waals surface area contributed by atoms with Crippen LogP contribution in [0.4, 0.5) is 0 Å². The monoisotopic (exact) mass is 322 g/mol. The molecule has 0 bridgehead atoms. The molecule has 0 nitrogen and oxygen atoms in total. The van der Waals surface area contributed by atoms with Crippen molar-refractivity contribution in [3.63, 3.8) is 0 Å². The number of rotatable bonds is 4. The molecular formula is C25H22. The first kappa shape index (κ1) is 15.7. The van der Waals surface area contributed by atoms with E-state index in [9.17, 15) is 0 Å². The van der Waals surface area contributed by atoms with Crippen LogP contribution < -0.4 is 0 Å². The maximum absolute atomic E-state index is 4.20. The van der Waals surface area contributed by atoms with Crippen LogP contribution in [0.5, 0.6) is 0 Å². The van der Waals surface area contributed by atoms with Gasteiger partial charge in [-0.2, -0.15) is 0 Å². The highest BCUT2D eigenvalue weighted by Gasteiger charge is 2.37. The minimum atomic E-state index is -0.105. The van der Waals surface area contributed by atoms with Crippen LogP contribution in [0.2, 0.25) is 0 Å². The normalized spacial score (nSPS) is 18.5. The van der Waals surface area contributed by atoms with Gasteiger partial charge < -0.3 is 0 Å². The minimum Gasteiger partial charge on any atom is -0.102 e. The van der Waals surface area contributed by atoms with Gasteiger partial charge in [0.05, 0.1) is 0 Å². The van der Waals surface area contributed by atoms with Crippen LogP contribution in [-0.2, 0) is 5.41 Å². The third-order valence-corrected chi connectivity index (χ3v) is 5.41. The zero-order valence-electron chi connectivity index (χ0n) is 14.6. The van der Waals surface area contributed by atoms with E-state index >= 15 is 0 Å². The minimum absolute atomic E-state index is 0.105. The molecule has 0 aromatic heterocycles. The van der Waals surface area contributed by atoms with Crippen LogP contribution >= 0.6 is 0 Å². The van der Waals surface area contributed by atoms with Gasteiger partial charge in [0.15, 0.2) is 0 Å². The molecule has 3 aromatic rings. The highest BCUT2D eigenvalue weighted by molar-refractivity contribution is 5.96. The summed E-state index contributed by atoms with van der Waals surface area (Å²) in [5.74, 6) is 0. The molecule has 0 radical (unpaired) electrons. The Morgan fingerprint density at radius 1 is 0.800 bits per heavy atom. The first-order valence-electron chi connectivity index (χ1n) is 8.89. The number of fused-ring (bicyclic) bond motifs is 1. The topological polar surface area (TPSA) is 0 Å². The SMILES string of the molecule is C=CC1(CC)C(c2cccc(-c3ccccc3)c2)=Cc2ccccc21. The van der Waals surface area contributed by atoms with E-state index in [-0.39, 0.29) is 5.41 Å². The molecule has 0 fully saturated rings. The molecule has 3 aromatic carbocycles. The molecule has 4 rings (SSSR count). The summed E-state index contributed by atoms with van der Waals surface area (Å²) in [4.78, 5) is 0. The van der Waals surface area contributed by atoms with Gasteiger partial charge in [-0.1, -0.05) is 85.8 Å². The van der Waals surface area contributed by atoms with Crippen molar-refractivity contribution in [2.75, 3.05) is 0 Å². The highest BCUT2D eigenvalue weighted by Crippen LogP contribution is 2.50. The summed E-state index contributed by atoms with van der Waals surface area (Å²) in [5.41, 5.74) is 7.71. The van der Waals surface area contributed by atoms with Crippen LogP contribution in [0.15, 0.2) is 91.5 Å². The van der Waals surface area contributed by atoms with Gasteiger partial charge in [0.25, 0.3) is 0 Å². The smallest absolute Gasteiger partial charge is 0.0388 e. The van der Waals surface area contributed by atoms with Crippen LogP contribution in [0.25, 0.3) is 22.8 Å². The van der Waals surface area contributed by atoms with Crippen molar-refractivity contribution in [2.45, 2.75) is 18.8 Å². The molecule has 1 unspecified atom stereocenters. The summed E-state index contributed by atoms with van der Waals surface area (Å²) in [6.45, 7) is 6.45.